The summed E-state index contributed by atoms with van der Waals surface area (Å²) in [6.45, 7) is 2.55. The van der Waals surface area contributed by atoms with Gasteiger partial charge >= 0.3 is 5.97 Å². The number of hydrogen-bond donors (Lipinski definition) is 0. The van der Waals surface area contributed by atoms with Crippen LogP contribution in [0.4, 0.5) is 0 Å². The average molecular weight is 196 g/mol. The molecule has 0 N–H and O–H groups in total. The summed E-state index contributed by atoms with van der Waals surface area (Å²) in [5, 5.41) is 4.05. The summed E-state index contributed by atoms with van der Waals surface area (Å²) in [6, 6.07) is 0. The van der Waals surface area contributed by atoms with Crippen LogP contribution < -0.4 is 0 Å². The van der Waals surface area contributed by atoms with E-state index < -0.39 is 5.97 Å². The summed E-state index contributed by atoms with van der Waals surface area (Å²) < 4.78 is 11.5. The Balaban J connectivity index is 2.43. The summed E-state index contributed by atoms with van der Waals surface area (Å²) in [6.07, 6.45) is 1.79. The zero-order valence-electron chi connectivity index (χ0n) is 8.40. The van der Waals surface area contributed by atoms with E-state index >= 15 is 0 Å². The van der Waals surface area contributed by atoms with E-state index in [0.29, 0.717) is 12.3 Å². The van der Waals surface area contributed by atoms with Crippen LogP contribution in [0.3, 0.4) is 0 Å². The monoisotopic (exact) mass is 196 g/mol. The van der Waals surface area contributed by atoms with E-state index in [1.807, 2.05) is 6.92 Å². The lowest BCUT2D eigenvalue weighted by Gasteiger charge is -2.02. The van der Waals surface area contributed by atoms with Crippen molar-refractivity contribution >= 4 is 5.97 Å². The number of aryl methyl sites for hydroxylation is 1. The number of epoxide rings is 1. The van der Waals surface area contributed by atoms with Crippen molar-refractivity contribution in [3.05, 3.63) is 17.5 Å². The zero-order valence-corrected chi connectivity index (χ0v) is 8.40. The van der Waals surface area contributed by atoms with Crippen molar-refractivity contribution in [3.8, 4) is 0 Å². The van der Waals surface area contributed by atoms with E-state index in [9.17, 15) is 4.79 Å². The lowest BCUT2D eigenvalue weighted by atomic mass is 10.0. The first kappa shape index (κ1) is 9.21. The molecule has 2 rings (SSSR count). The fraction of sp³-hybridized carbons (Fsp3) is 0.556. The number of rotatable bonds is 2. The van der Waals surface area contributed by atoms with Crippen molar-refractivity contribution in [2.75, 3.05) is 13.7 Å². The molecule has 1 aliphatic rings. The maximum absolute atomic E-state index is 11.4. The van der Waals surface area contributed by atoms with Crippen molar-refractivity contribution < 1.29 is 14.3 Å². The van der Waals surface area contributed by atoms with Crippen molar-refractivity contribution in [2.45, 2.75) is 12.5 Å². The van der Waals surface area contributed by atoms with Crippen LogP contribution in [0, 0.1) is 0 Å². The van der Waals surface area contributed by atoms with Gasteiger partial charge in [-0.3, -0.25) is 4.68 Å². The van der Waals surface area contributed by atoms with Crippen LogP contribution in [0.25, 0.3) is 0 Å². The second kappa shape index (κ2) is 2.81. The molecule has 1 aliphatic heterocycles. The number of carbonyl (C=O) groups excluding carboxylic acids is 1. The van der Waals surface area contributed by atoms with Crippen LogP contribution in [0.5, 0.6) is 0 Å². The molecule has 0 spiro atoms. The minimum Gasteiger partial charge on any atom is -0.464 e. The van der Waals surface area contributed by atoms with Crippen LogP contribution >= 0.6 is 0 Å². The van der Waals surface area contributed by atoms with Gasteiger partial charge in [-0.25, -0.2) is 4.79 Å². The summed E-state index contributed by atoms with van der Waals surface area (Å²) in [4.78, 5) is 11.4. The van der Waals surface area contributed by atoms with Crippen molar-refractivity contribution in [2.24, 2.45) is 7.05 Å². The molecule has 5 nitrogen and oxygen atoms in total. The lowest BCUT2D eigenvalue weighted by Crippen LogP contribution is -2.11. The normalized spacial score (nSPS) is 24.8. The quantitative estimate of drug-likeness (QED) is 0.509. The van der Waals surface area contributed by atoms with Gasteiger partial charge in [-0.1, -0.05) is 0 Å². The van der Waals surface area contributed by atoms with Crippen molar-refractivity contribution in [3.63, 3.8) is 0 Å². The highest BCUT2D eigenvalue weighted by atomic mass is 16.6. The van der Waals surface area contributed by atoms with E-state index in [-0.39, 0.29) is 5.60 Å². The predicted molar refractivity (Wildman–Crippen MR) is 47.9 cm³/mol. The molecule has 76 valence electrons. The molecule has 0 bridgehead atoms. The molecule has 0 radical (unpaired) electrons. The van der Waals surface area contributed by atoms with Gasteiger partial charge in [-0.05, 0) is 6.92 Å². The number of carbonyl (C=O) groups is 1. The Hall–Kier alpha value is -1.36. The maximum atomic E-state index is 11.4. The number of aromatic nitrogens is 2. The molecule has 0 aromatic carbocycles. The molecule has 0 saturated carbocycles. The standard InChI is InChI=1S/C9H12N2O3/c1-9(5-14-9)6-4-11(2)10-7(6)8(12)13-3/h4H,5H2,1-3H3. The van der Waals surface area contributed by atoms with Gasteiger partial charge < -0.3 is 9.47 Å². The van der Waals surface area contributed by atoms with Crippen LogP contribution in [0.15, 0.2) is 6.20 Å². The highest BCUT2D eigenvalue weighted by Gasteiger charge is 2.45. The third kappa shape index (κ3) is 1.29. The number of nitrogens with zero attached hydrogens (tertiary/aromatic N) is 2. The summed E-state index contributed by atoms with van der Waals surface area (Å²) in [5.41, 5.74) is 0.791. The lowest BCUT2D eigenvalue weighted by molar-refractivity contribution is 0.0589. The number of esters is 1. The molecule has 1 saturated heterocycles. The van der Waals surface area contributed by atoms with Gasteiger partial charge in [0.1, 0.15) is 5.60 Å². The number of ether oxygens (including phenoxy) is 2. The smallest absolute Gasteiger partial charge is 0.358 e. The highest BCUT2D eigenvalue weighted by molar-refractivity contribution is 5.89. The molecule has 1 aromatic heterocycles. The number of methoxy groups -OCH3 is 1. The van der Waals surface area contributed by atoms with E-state index in [1.165, 1.54) is 7.11 Å². The Labute approximate surface area is 81.6 Å². The van der Waals surface area contributed by atoms with Gasteiger partial charge in [-0.15, -0.1) is 0 Å². The van der Waals surface area contributed by atoms with E-state index in [1.54, 1.807) is 17.9 Å². The molecule has 1 aromatic rings. The second-order valence-corrected chi connectivity index (χ2v) is 3.58. The largest absolute Gasteiger partial charge is 0.464 e. The molecule has 0 aliphatic carbocycles. The minimum atomic E-state index is -0.419. The first-order valence-corrected chi connectivity index (χ1v) is 4.33. The summed E-state index contributed by atoms with van der Waals surface area (Å²) >= 11 is 0. The minimum absolute atomic E-state index is 0.343. The molecular weight excluding hydrogens is 184 g/mol. The van der Waals surface area contributed by atoms with Crippen molar-refractivity contribution in [1.29, 1.82) is 0 Å². The van der Waals surface area contributed by atoms with Gasteiger partial charge in [0, 0.05) is 18.8 Å². The average Bonchev–Trinajstić information content (AvgIpc) is 2.77. The van der Waals surface area contributed by atoms with E-state index in [2.05, 4.69) is 9.84 Å². The Bertz CT molecular complexity index is 379. The van der Waals surface area contributed by atoms with Crippen LogP contribution in [0.2, 0.25) is 0 Å². The Morgan fingerprint density at radius 2 is 2.43 bits per heavy atom. The Morgan fingerprint density at radius 3 is 2.93 bits per heavy atom. The molecule has 14 heavy (non-hydrogen) atoms. The highest BCUT2D eigenvalue weighted by Crippen LogP contribution is 2.39. The predicted octanol–water partition coefficient (Wildman–Crippen LogP) is 0.452. The van der Waals surface area contributed by atoms with E-state index in [0.717, 1.165) is 5.56 Å². The van der Waals surface area contributed by atoms with Gasteiger partial charge in [0.25, 0.3) is 0 Å². The topological polar surface area (TPSA) is 56.6 Å². The number of hydrogen-bond acceptors (Lipinski definition) is 4. The van der Waals surface area contributed by atoms with Gasteiger partial charge in [0.15, 0.2) is 5.69 Å². The molecule has 2 heterocycles. The fourth-order valence-electron chi connectivity index (χ4n) is 1.39. The van der Waals surface area contributed by atoms with E-state index in [4.69, 9.17) is 4.74 Å². The summed E-state index contributed by atoms with van der Waals surface area (Å²) in [5.74, 6) is -0.419. The Kier molecular flexibility index (Phi) is 1.85. The fourth-order valence-corrected chi connectivity index (χ4v) is 1.39. The zero-order chi connectivity index (χ0) is 10.3. The van der Waals surface area contributed by atoms with Gasteiger partial charge in [-0.2, -0.15) is 5.10 Å². The van der Waals surface area contributed by atoms with Gasteiger partial charge in [0.05, 0.1) is 13.7 Å². The van der Waals surface area contributed by atoms with Crippen LogP contribution in [-0.2, 0) is 22.1 Å². The maximum Gasteiger partial charge on any atom is 0.358 e. The summed E-state index contributed by atoms with van der Waals surface area (Å²) in [7, 11) is 3.11. The SMILES string of the molecule is COC(=O)c1nn(C)cc1C1(C)CO1. The molecule has 1 unspecified atom stereocenters. The van der Waals surface area contributed by atoms with Gasteiger partial charge in [0.2, 0.25) is 0 Å². The third-order valence-electron chi connectivity index (χ3n) is 2.35. The molecule has 5 heteroatoms. The Morgan fingerprint density at radius 1 is 1.79 bits per heavy atom. The second-order valence-electron chi connectivity index (χ2n) is 3.58. The molecular formula is C9H12N2O3. The molecule has 1 atom stereocenters. The molecule has 1 fully saturated rings. The van der Waals surface area contributed by atoms with Crippen LogP contribution in [0.1, 0.15) is 23.0 Å². The van der Waals surface area contributed by atoms with Crippen LogP contribution in [-0.4, -0.2) is 29.5 Å². The molecule has 0 amide bonds. The first-order chi connectivity index (χ1) is 6.57. The van der Waals surface area contributed by atoms with Crippen molar-refractivity contribution in [1.82, 2.24) is 9.78 Å². The third-order valence-corrected chi connectivity index (χ3v) is 2.35. The first-order valence-electron chi connectivity index (χ1n) is 4.33.